The number of hydrogen-bond acceptors (Lipinski definition) is 4. The van der Waals surface area contributed by atoms with Gasteiger partial charge in [-0.15, -0.1) is 0 Å². The van der Waals surface area contributed by atoms with E-state index in [9.17, 15) is 18.3 Å². The van der Waals surface area contributed by atoms with Gasteiger partial charge in [0.15, 0.2) is 0 Å². The van der Waals surface area contributed by atoms with Crippen molar-refractivity contribution < 1.29 is 18.3 Å². The molecule has 1 aromatic rings. The fourth-order valence-corrected chi connectivity index (χ4v) is 2.16. The predicted molar refractivity (Wildman–Crippen MR) is 70.7 cm³/mol. The summed E-state index contributed by atoms with van der Waals surface area (Å²) in [4.78, 5) is 11.6. The van der Waals surface area contributed by atoms with Crippen molar-refractivity contribution in [2.75, 3.05) is 12.3 Å². The summed E-state index contributed by atoms with van der Waals surface area (Å²) in [6.07, 6.45) is 0.224. The number of phenols is 1. The van der Waals surface area contributed by atoms with Crippen LogP contribution in [-0.2, 0) is 10.0 Å². The van der Waals surface area contributed by atoms with Crippen molar-refractivity contribution in [2.45, 2.75) is 6.42 Å². The molecule has 0 saturated carbocycles. The molecular formula is C10H13BrN2O4S. The third-order valence-electron chi connectivity index (χ3n) is 2.10. The third kappa shape index (κ3) is 5.03. The van der Waals surface area contributed by atoms with E-state index in [-0.39, 0.29) is 30.0 Å². The molecule has 0 aliphatic heterocycles. The number of sulfonamides is 1. The van der Waals surface area contributed by atoms with Crippen molar-refractivity contribution in [1.29, 1.82) is 0 Å². The molecule has 6 nitrogen and oxygen atoms in total. The zero-order valence-corrected chi connectivity index (χ0v) is 11.8. The molecule has 1 rings (SSSR count). The number of benzene rings is 1. The van der Waals surface area contributed by atoms with Gasteiger partial charge in [-0.1, -0.05) is 15.9 Å². The van der Waals surface area contributed by atoms with Crippen LogP contribution in [0, 0.1) is 0 Å². The lowest BCUT2D eigenvalue weighted by molar-refractivity contribution is 0.0951. The molecule has 100 valence electrons. The Hall–Kier alpha value is -1.12. The molecule has 8 heteroatoms. The number of carbonyl (C=O) groups is 1. The SMILES string of the molecule is NS(=O)(=O)CCCNC(=O)c1ccc(Br)cc1O. The summed E-state index contributed by atoms with van der Waals surface area (Å²) < 4.78 is 22.0. The number of carbonyl (C=O) groups excluding carboxylic acids is 1. The van der Waals surface area contributed by atoms with E-state index in [1.54, 1.807) is 6.07 Å². The molecule has 0 aliphatic rings. The van der Waals surface area contributed by atoms with Gasteiger partial charge in [0, 0.05) is 11.0 Å². The number of rotatable bonds is 5. The lowest BCUT2D eigenvalue weighted by Crippen LogP contribution is -2.27. The maximum Gasteiger partial charge on any atom is 0.255 e. The first-order chi connectivity index (χ1) is 8.29. The first-order valence-electron chi connectivity index (χ1n) is 5.07. The van der Waals surface area contributed by atoms with E-state index in [1.165, 1.54) is 12.1 Å². The minimum absolute atomic E-state index is 0.133. The average Bonchev–Trinajstić information content (AvgIpc) is 2.22. The molecule has 0 heterocycles. The fraction of sp³-hybridized carbons (Fsp3) is 0.300. The van der Waals surface area contributed by atoms with E-state index in [0.717, 1.165) is 0 Å². The highest BCUT2D eigenvalue weighted by atomic mass is 79.9. The van der Waals surface area contributed by atoms with Crippen molar-refractivity contribution in [3.8, 4) is 5.75 Å². The van der Waals surface area contributed by atoms with Gasteiger partial charge >= 0.3 is 0 Å². The predicted octanol–water partition coefficient (Wildman–Crippen LogP) is 0.563. The minimum atomic E-state index is -3.51. The van der Waals surface area contributed by atoms with Gasteiger partial charge in [-0.3, -0.25) is 4.79 Å². The van der Waals surface area contributed by atoms with Crippen LogP contribution < -0.4 is 10.5 Å². The second-order valence-corrected chi connectivity index (χ2v) is 6.29. The average molecular weight is 337 g/mol. The maximum absolute atomic E-state index is 11.6. The molecule has 0 saturated heterocycles. The molecule has 18 heavy (non-hydrogen) atoms. The summed E-state index contributed by atoms with van der Waals surface area (Å²) in [5.41, 5.74) is 0.133. The summed E-state index contributed by atoms with van der Waals surface area (Å²) in [7, 11) is -3.51. The molecule has 0 spiro atoms. The van der Waals surface area contributed by atoms with Gasteiger partial charge in [0.25, 0.3) is 5.91 Å². The van der Waals surface area contributed by atoms with Gasteiger partial charge in [-0.2, -0.15) is 0 Å². The van der Waals surface area contributed by atoms with Crippen LogP contribution in [0.3, 0.4) is 0 Å². The summed E-state index contributed by atoms with van der Waals surface area (Å²) in [6.45, 7) is 0.171. The number of amides is 1. The van der Waals surface area contributed by atoms with Crippen LogP contribution in [0.25, 0.3) is 0 Å². The number of aromatic hydroxyl groups is 1. The van der Waals surface area contributed by atoms with Crippen LogP contribution in [-0.4, -0.2) is 31.7 Å². The van der Waals surface area contributed by atoms with Crippen LogP contribution in [0.4, 0.5) is 0 Å². The quantitative estimate of drug-likeness (QED) is 0.682. The standard InChI is InChI=1S/C10H13BrN2O4S/c11-7-2-3-8(9(14)6-7)10(15)13-4-1-5-18(12,16)17/h2-3,6,14H,1,4-5H2,(H,13,15)(H2,12,16,17). The zero-order valence-electron chi connectivity index (χ0n) is 9.39. The maximum atomic E-state index is 11.6. The van der Waals surface area contributed by atoms with Gasteiger partial charge in [0.05, 0.1) is 11.3 Å². The highest BCUT2D eigenvalue weighted by molar-refractivity contribution is 9.10. The summed E-state index contributed by atoms with van der Waals surface area (Å²) in [5, 5.41) is 16.9. The molecule has 1 amide bonds. The Morgan fingerprint density at radius 3 is 2.67 bits per heavy atom. The van der Waals surface area contributed by atoms with Crippen LogP contribution in [0.2, 0.25) is 0 Å². The van der Waals surface area contributed by atoms with Crippen LogP contribution in [0.5, 0.6) is 5.75 Å². The Bertz CT molecular complexity index is 545. The van der Waals surface area contributed by atoms with E-state index in [4.69, 9.17) is 5.14 Å². The smallest absolute Gasteiger partial charge is 0.255 e. The first kappa shape index (κ1) is 14.9. The highest BCUT2D eigenvalue weighted by Gasteiger charge is 2.11. The first-order valence-corrected chi connectivity index (χ1v) is 7.57. The summed E-state index contributed by atoms with van der Waals surface area (Å²) >= 11 is 3.16. The Morgan fingerprint density at radius 2 is 2.11 bits per heavy atom. The highest BCUT2D eigenvalue weighted by Crippen LogP contribution is 2.21. The van der Waals surface area contributed by atoms with Gasteiger partial charge in [-0.05, 0) is 24.6 Å². The van der Waals surface area contributed by atoms with E-state index in [2.05, 4.69) is 21.2 Å². The van der Waals surface area contributed by atoms with Gasteiger partial charge in [0.1, 0.15) is 5.75 Å². The topological polar surface area (TPSA) is 109 Å². The Labute approximate surface area is 113 Å². The van der Waals surface area contributed by atoms with Crippen molar-refractivity contribution in [2.24, 2.45) is 5.14 Å². The van der Waals surface area contributed by atoms with Gasteiger partial charge in [-0.25, -0.2) is 13.6 Å². The lowest BCUT2D eigenvalue weighted by atomic mass is 10.2. The summed E-state index contributed by atoms with van der Waals surface area (Å²) in [5.74, 6) is -0.803. The molecule has 1 aromatic carbocycles. The van der Waals surface area contributed by atoms with Crippen LogP contribution >= 0.6 is 15.9 Å². The minimum Gasteiger partial charge on any atom is -0.507 e. The number of phenolic OH excluding ortho intramolecular Hbond substituents is 1. The number of halogens is 1. The molecule has 0 aromatic heterocycles. The Kier molecular flexibility index (Phi) is 5.12. The molecule has 0 atom stereocenters. The molecular weight excluding hydrogens is 324 g/mol. The molecule has 0 bridgehead atoms. The largest absolute Gasteiger partial charge is 0.507 e. The number of hydrogen-bond donors (Lipinski definition) is 3. The molecule has 0 radical (unpaired) electrons. The van der Waals surface area contributed by atoms with Crippen LogP contribution in [0.15, 0.2) is 22.7 Å². The van der Waals surface area contributed by atoms with E-state index < -0.39 is 15.9 Å². The number of nitrogens with one attached hydrogen (secondary N) is 1. The Balaban J connectivity index is 2.51. The van der Waals surface area contributed by atoms with Gasteiger partial charge in [0.2, 0.25) is 10.0 Å². The molecule has 0 aliphatic carbocycles. The second kappa shape index (κ2) is 6.17. The zero-order chi connectivity index (χ0) is 13.8. The molecule has 4 N–H and O–H groups in total. The van der Waals surface area contributed by atoms with E-state index in [0.29, 0.717) is 4.47 Å². The van der Waals surface area contributed by atoms with Crippen LogP contribution in [0.1, 0.15) is 16.8 Å². The molecule has 0 unspecified atom stereocenters. The van der Waals surface area contributed by atoms with E-state index >= 15 is 0 Å². The number of primary sulfonamides is 1. The second-order valence-electron chi connectivity index (χ2n) is 3.64. The monoisotopic (exact) mass is 336 g/mol. The lowest BCUT2D eigenvalue weighted by Gasteiger charge is -2.06. The Morgan fingerprint density at radius 1 is 1.44 bits per heavy atom. The van der Waals surface area contributed by atoms with Gasteiger partial charge < -0.3 is 10.4 Å². The van der Waals surface area contributed by atoms with Crippen molar-refractivity contribution in [1.82, 2.24) is 5.32 Å². The molecule has 0 fully saturated rings. The summed E-state index contributed by atoms with van der Waals surface area (Å²) in [6, 6.07) is 4.49. The van der Waals surface area contributed by atoms with Crippen molar-refractivity contribution >= 4 is 31.9 Å². The fourth-order valence-electron chi connectivity index (χ4n) is 1.27. The van der Waals surface area contributed by atoms with Crippen molar-refractivity contribution in [3.63, 3.8) is 0 Å². The third-order valence-corrected chi connectivity index (χ3v) is 3.45. The van der Waals surface area contributed by atoms with Crippen molar-refractivity contribution in [3.05, 3.63) is 28.2 Å². The normalized spacial score (nSPS) is 11.2. The number of nitrogens with two attached hydrogens (primary N) is 1. The van der Waals surface area contributed by atoms with E-state index in [1.807, 2.05) is 0 Å².